The van der Waals surface area contributed by atoms with Gasteiger partial charge in [0.25, 0.3) is 0 Å². The highest BCUT2D eigenvalue weighted by Crippen LogP contribution is 2.18. The second-order valence-electron chi connectivity index (χ2n) is 5.47. The molecule has 20 heavy (non-hydrogen) atoms. The molecule has 0 saturated carbocycles. The lowest BCUT2D eigenvalue weighted by Crippen LogP contribution is -2.45. The van der Waals surface area contributed by atoms with Gasteiger partial charge in [0, 0.05) is 39.3 Å². The number of amides is 2. The highest BCUT2D eigenvalue weighted by atomic mass is 16.5. The number of ether oxygens (including phenoxy) is 1. The first-order valence-corrected chi connectivity index (χ1v) is 7.28. The van der Waals surface area contributed by atoms with Gasteiger partial charge in [-0.15, -0.1) is 0 Å². The SMILES string of the molecule is COCCCNC(=O)CN(C)C(=O)[C@H]1CCN[C@@H](C)C1. The lowest BCUT2D eigenvalue weighted by Gasteiger charge is -2.30. The molecule has 0 aliphatic carbocycles. The van der Waals surface area contributed by atoms with Gasteiger partial charge in [-0.25, -0.2) is 0 Å². The molecule has 1 fully saturated rings. The number of carbonyl (C=O) groups is 2. The van der Waals surface area contributed by atoms with E-state index in [1.165, 1.54) is 4.90 Å². The maximum Gasteiger partial charge on any atom is 0.239 e. The first kappa shape index (κ1) is 16.9. The molecule has 0 spiro atoms. The van der Waals surface area contributed by atoms with E-state index in [0.717, 1.165) is 25.8 Å². The third-order valence-electron chi connectivity index (χ3n) is 3.58. The minimum Gasteiger partial charge on any atom is -0.385 e. The second-order valence-corrected chi connectivity index (χ2v) is 5.47. The summed E-state index contributed by atoms with van der Waals surface area (Å²) in [6, 6.07) is 0.369. The molecule has 6 nitrogen and oxygen atoms in total. The third kappa shape index (κ3) is 5.88. The van der Waals surface area contributed by atoms with Gasteiger partial charge in [-0.2, -0.15) is 0 Å². The molecule has 1 aliphatic heterocycles. The van der Waals surface area contributed by atoms with Crippen molar-refractivity contribution in [2.75, 3.05) is 40.4 Å². The fourth-order valence-electron chi connectivity index (χ4n) is 2.46. The predicted octanol–water partition coefficient (Wildman–Crippen LogP) is -0.0144. The molecule has 0 aromatic heterocycles. The summed E-state index contributed by atoms with van der Waals surface area (Å²) in [6.45, 7) is 4.29. The van der Waals surface area contributed by atoms with Crippen LogP contribution in [0.2, 0.25) is 0 Å². The van der Waals surface area contributed by atoms with Crippen LogP contribution in [-0.4, -0.2) is 63.2 Å². The quantitative estimate of drug-likeness (QED) is 0.645. The van der Waals surface area contributed by atoms with Crippen LogP contribution in [0.5, 0.6) is 0 Å². The highest BCUT2D eigenvalue weighted by Gasteiger charge is 2.27. The Kier molecular flexibility index (Phi) is 7.54. The van der Waals surface area contributed by atoms with Gasteiger partial charge in [0.15, 0.2) is 0 Å². The molecule has 1 saturated heterocycles. The lowest BCUT2D eigenvalue weighted by atomic mass is 9.92. The summed E-state index contributed by atoms with van der Waals surface area (Å²) >= 11 is 0. The number of likely N-dealkylation sites (N-methyl/N-ethyl adjacent to an activating group) is 1. The van der Waals surface area contributed by atoms with Crippen molar-refractivity contribution in [1.82, 2.24) is 15.5 Å². The van der Waals surface area contributed by atoms with E-state index >= 15 is 0 Å². The van der Waals surface area contributed by atoms with Gasteiger partial charge in [0.2, 0.25) is 11.8 Å². The molecular weight excluding hydrogens is 258 g/mol. The summed E-state index contributed by atoms with van der Waals surface area (Å²) < 4.78 is 4.91. The zero-order valence-electron chi connectivity index (χ0n) is 12.8. The smallest absolute Gasteiger partial charge is 0.239 e. The van der Waals surface area contributed by atoms with Crippen LogP contribution in [0.1, 0.15) is 26.2 Å². The van der Waals surface area contributed by atoms with Gasteiger partial charge < -0.3 is 20.3 Å². The van der Waals surface area contributed by atoms with Crippen LogP contribution in [-0.2, 0) is 14.3 Å². The summed E-state index contributed by atoms with van der Waals surface area (Å²) in [5, 5.41) is 6.11. The zero-order valence-corrected chi connectivity index (χ0v) is 12.8. The molecule has 2 amide bonds. The molecule has 0 bridgehead atoms. The number of hydrogen-bond acceptors (Lipinski definition) is 4. The minimum atomic E-state index is -0.112. The molecule has 0 radical (unpaired) electrons. The van der Waals surface area contributed by atoms with Crippen LogP contribution in [0, 0.1) is 5.92 Å². The van der Waals surface area contributed by atoms with Crippen LogP contribution < -0.4 is 10.6 Å². The molecule has 6 heteroatoms. The number of nitrogens with zero attached hydrogens (tertiary/aromatic N) is 1. The Balaban J connectivity index is 2.28. The summed E-state index contributed by atoms with van der Waals surface area (Å²) in [5.41, 5.74) is 0. The largest absolute Gasteiger partial charge is 0.385 e. The molecule has 1 aliphatic rings. The number of carbonyl (C=O) groups excluding carboxylic acids is 2. The number of rotatable bonds is 7. The average Bonchev–Trinajstić information content (AvgIpc) is 2.42. The Morgan fingerprint density at radius 1 is 1.45 bits per heavy atom. The Hall–Kier alpha value is -1.14. The summed E-state index contributed by atoms with van der Waals surface area (Å²) in [7, 11) is 3.33. The van der Waals surface area contributed by atoms with Gasteiger partial charge in [0.05, 0.1) is 6.54 Å². The van der Waals surface area contributed by atoms with E-state index in [0.29, 0.717) is 19.2 Å². The molecular formula is C14H27N3O3. The molecule has 0 unspecified atom stereocenters. The number of methoxy groups -OCH3 is 1. The summed E-state index contributed by atoms with van der Waals surface area (Å²) in [5.74, 6) is 0.00173. The normalized spacial score (nSPS) is 22.4. The maximum atomic E-state index is 12.3. The molecule has 1 rings (SSSR count). The van der Waals surface area contributed by atoms with Gasteiger partial charge in [-0.3, -0.25) is 9.59 Å². The van der Waals surface area contributed by atoms with Crippen molar-refractivity contribution in [3.63, 3.8) is 0 Å². The van der Waals surface area contributed by atoms with Crippen molar-refractivity contribution in [3.8, 4) is 0 Å². The Bertz CT molecular complexity index is 323. The lowest BCUT2D eigenvalue weighted by molar-refractivity contribution is -0.139. The van der Waals surface area contributed by atoms with Crippen LogP contribution in [0.3, 0.4) is 0 Å². The van der Waals surface area contributed by atoms with E-state index in [1.54, 1.807) is 14.2 Å². The van der Waals surface area contributed by atoms with Gasteiger partial charge >= 0.3 is 0 Å². The fourth-order valence-corrected chi connectivity index (χ4v) is 2.46. The predicted molar refractivity (Wildman–Crippen MR) is 77.3 cm³/mol. The first-order chi connectivity index (χ1) is 9.54. The van der Waals surface area contributed by atoms with E-state index in [1.807, 2.05) is 0 Å². The monoisotopic (exact) mass is 285 g/mol. The van der Waals surface area contributed by atoms with E-state index in [9.17, 15) is 9.59 Å². The van der Waals surface area contributed by atoms with Crippen molar-refractivity contribution in [1.29, 1.82) is 0 Å². The van der Waals surface area contributed by atoms with E-state index in [4.69, 9.17) is 4.74 Å². The van der Waals surface area contributed by atoms with Crippen molar-refractivity contribution in [2.45, 2.75) is 32.2 Å². The minimum absolute atomic E-state index is 0.0394. The third-order valence-corrected chi connectivity index (χ3v) is 3.58. The topological polar surface area (TPSA) is 70.7 Å². The van der Waals surface area contributed by atoms with E-state index < -0.39 is 0 Å². The van der Waals surface area contributed by atoms with Crippen molar-refractivity contribution in [3.05, 3.63) is 0 Å². The molecule has 116 valence electrons. The molecule has 0 aromatic carbocycles. The maximum absolute atomic E-state index is 12.3. The second kappa shape index (κ2) is 8.92. The zero-order chi connectivity index (χ0) is 15.0. The standard InChI is InChI=1S/C14H27N3O3/c1-11-9-12(5-7-15-11)14(19)17(2)10-13(18)16-6-4-8-20-3/h11-12,15H,4-10H2,1-3H3,(H,16,18)/t11-,12-/m0/s1. The molecule has 0 aromatic rings. The number of nitrogens with one attached hydrogen (secondary N) is 2. The molecule has 1 heterocycles. The van der Waals surface area contributed by atoms with Crippen LogP contribution in [0.25, 0.3) is 0 Å². The highest BCUT2D eigenvalue weighted by molar-refractivity contribution is 5.85. The fraction of sp³-hybridized carbons (Fsp3) is 0.857. The Morgan fingerprint density at radius 3 is 2.85 bits per heavy atom. The van der Waals surface area contributed by atoms with Crippen molar-refractivity contribution in [2.24, 2.45) is 5.92 Å². The number of piperidine rings is 1. The van der Waals surface area contributed by atoms with E-state index in [2.05, 4.69) is 17.6 Å². The Labute approximate surface area is 121 Å². The number of hydrogen-bond donors (Lipinski definition) is 2. The summed E-state index contributed by atoms with van der Waals surface area (Å²) in [4.78, 5) is 25.5. The summed E-state index contributed by atoms with van der Waals surface area (Å²) in [6.07, 6.45) is 2.48. The van der Waals surface area contributed by atoms with Crippen LogP contribution in [0.4, 0.5) is 0 Å². The molecule has 2 N–H and O–H groups in total. The van der Waals surface area contributed by atoms with Crippen molar-refractivity contribution < 1.29 is 14.3 Å². The van der Waals surface area contributed by atoms with Crippen molar-refractivity contribution >= 4 is 11.8 Å². The van der Waals surface area contributed by atoms with Gasteiger partial charge in [-0.05, 0) is 32.7 Å². The average molecular weight is 285 g/mol. The van der Waals surface area contributed by atoms with E-state index in [-0.39, 0.29) is 24.3 Å². The Morgan fingerprint density at radius 2 is 2.20 bits per heavy atom. The van der Waals surface area contributed by atoms with Crippen LogP contribution in [0.15, 0.2) is 0 Å². The van der Waals surface area contributed by atoms with Crippen LogP contribution >= 0.6 is 0 Å². The molecule has 2 atom stereocenters. The first-order valence-electron chi connectivity index (χ1n) is 7.28. The van der Waals surface area contributed by atoms with Gasteiger partial charge in [-0.1, -0.05) is 0 Å². The van der Waals surface area contributed by atoms with Gasteiger partial charge in [0.1, 0.15) is 0 Å².